The number of hydrogen-bond acceptors (Lipinski definition) is 0. The van der Waals surface area contributed by atoms with E-state index >= 15 is 0 Å². The highest BCUT2D eigenvalue weighted by atomic mass is 28.3. The molecular formula is C28H48Si. The van der Waals surface area contributed by atoms with Gasteiger partial charge in [0.15, 0.2) is 0 Å². The monoisotopic (exact) mass is 412 g/mol. The zero-order chi connectivity index (χ0) is 20.4. The summed E-state index contributed by atoms with van der Waals surface area (Å²) < 4.78 is 0. The lowest BCUT2D eigenvalue weighted by Gasteiger charge is -2.48. The van der Waals surface area contributed by atoms with Gasteiger partial charge in [-0.25, -0.2) is 0 Å². The number of rotatable bonds is 8. The lowest BCUT2D eigenvalue weighted by atomic mass is 9.77. The van der Waals surface area contributed by atoms with Crippen LogP contribution in [0.5, 0.6) is 0 Å². The molecule has 0 amide bonds. The van der Waals surface area contributed by atoms with Crippen molar-refractivity contribution in [3.05, 3.63) is 25.3 Å². The van der Waals surface area contributed by atoms with E-state index in [1.54, 1.807) is 37.8 Å². The third kappa shape index (κ3) is 3.77. The van der Waals surface area contributed by atoms with Crippen LogP contribution in [0.25, 0.3) is 0 Å². The molecule has 0 nitrogen and oxygen atoms in total. The van der Waals surface area contributed by atoms with Crippen molar-refractivity contribution in [2.24, 2.45) is 35.5 Å². The van der Waals surface area contributed by atoms with Crippen molar-refractivity contribution in [2.75, 3.05) is 0 Å². The van der Waals surface area contributed by atoms with Gasteiger partial charge in [-0.15, -0.1) is 13.2 Å². The number of allylic oxidation sites excluding steroid dienone is 2. The van der Waals surface area contributed by atoms with Crippen LogP contribution in [0.15, 0.2) is 25.3 Å². The molecule has 4 rings (SSSR count). The summed E-state index contributed by atoms with van der Waals surface area (Å²) in [7, 11) is -1.30. The Morgan fingerprint density at radius 1 is 0.655 bits per heavy atom. The summed E-state index contributed by atoms with van der Waals surface area (Å²) in [5, 5.41) is 0. The van der Waals surface area contributed by atoms with E-state index in [4.69, 9.17) is 0 Å². The molecule has 4 fully saturated rings. The maximum absolute atomic E-state index is 4.15. The SMILES string of the molecule is C=CCC1CC([Si](CC)(CC)C2CC(CC=C)C3CCCCC32)C2CCCCC12. The van der Waals surface area contributed by atoms with Crippen LogP contribution in [0.3, 0.4) is 0 Å². The summed E-state index contributed by atoms with van der Waals surface area (Å²) in [6, 6.07) is 3.12. The normalized spacial score (nSPS) is 42.3. The summed E-state index contributed by atoms with van der Waals surface area (Å²) in [4.78, 5) is 0. The van der Waals surface area contributed by atoms with Gasteiger partial charge in [-0.05, 0) is 85.1 Å². The van der Waals surface area contributed by atoms with Crippen molar-refractivity contribution in [3.8, 4) is 0 Å². The lowest BCUT2D eigenvalue weighted by Crippen LogP contribution is -2.47. The van der Waals surface area contributed by atoms with E-state index in [-0.39, 0.29) is 0 Å². The van der Waals surface area contributed by atoms with E-state index in [2.05, 4.69) is 39.2 Å². The Kier molecular flexibility index (Phi) is 7.14. The van der Waals surface area contributed by atoms with Gasteiger partial charge in [0.25, 0.3) is 0 Å². The highest BCUT2D eigenvalue weighted by molar-refractivity contribution is 6.82. The maximum atomic E-state index is 4.15. The Morgan fingerprint density at radius 2 is 1.03 bits per heavy atom. The third-order valence-corrected chi connectivity index (χ3v) is 17.8. The van der Waals surface area contributed by atoms with Crippen molar-refractivity contribution < 1.29 is 0 Å². The fraction of sp³-hybridized carbons (Fsp3) is 0.857. The summed E-state index contributed by atoms with van der Waals surface area (Å²) in [6.07, 6.45) is 22.5. The van der Waals surface area contributed by atoms with Crippen LogP contribution in [-0.4, -0.2) is 8.07 Å². The molecule has 0 radical (unpaired) electrons. The van der Waals surface area contributed by atoms with E-state index < -0.39 is 8.07 Å². The molecule has 0 bridgehead atoms. The zero-order valence-corrected chi connectivity index (χ0v) is 20.6. The maximum Gasteiger partial charge on any atom is 0.0598 e. The molecule has 0 N–H and O–H groups in total. The Hall–Kier alpha value is -0.303. The van der Waals surface area contributed by atoms with Gasteiger partial charge < -0.3 is 0 Å². The fourth-order valence-electron chi connectivity index (χ4n) is 9.76. The molecule has 8 unspecified atom stereocenters. The molecule has 4 aliphatic carbocycles. The van der Waals surface area contributed by atoms with Gasteiger partial charge in [0.1, 0.15) is 0 Å². The average molecular weight is 413 g/mol. The number of hydrogen-bond donors (Lipinski definition) is 0. The molecule has 1 heteroatoms. The van der Waals surface area contributed by atoms with Gasteiger partial charge in [0.2, 0.25) is 0 Å². The van der Waals surface area contributed by atoms with E-state index in [0.29, 0.717) is 0 Å². The third-order valence-electron chi connectivity index (χ3n) is 10.8. The van der Waals surface area contributed by atoms with Crippen molar-refractivity contribution >= 4 is 8.07 Å². The molecule has 29 heavy (non-hydrogen) atoms. The first-order valence-electron chi connectivity index (χ1n) is 13.4. The summed E-state index contributed by atoms with van der Waals surface area (Å²) in [6.45, 7) is 13.6. The Morgan fingerprint density at radius 3 is 1.38 bits per heavy atom. The molecule has 0 aliphatic heterocycles. The molecule has 0 aromatic carbocycles. The van der Waals surface area contributed by atoms with Crippen LogP contribution in [-0.2, 0) is 0 Å². The molecule has 8 atom stereocenters. The zero-order valence-electron chi connectivity index (χ0n) is 19.6. The first kappa shape index (κ1) is 21.9. The van der Waals surface area contributed by atoms with Crippen LogP contribution in [0.1, 0.15) is 90.9 Å². The van der Waals surface area contributed by atoms with E-state index in [9.17, 15) is 0 Å². The highest BCUT2D eigenvalue weighted by Gasteiger charge is 2.59. The van der Waals surface area contributed by atoms with Gasteiger partial charge in [0, 0.05) is 0 Å². The minimum absolute atomic E-state index is 0.973. The average Bonchev–Trinajstić information content (AvgIpc) is 3.31. The second-order valence-electron chi connectivity index (χ2n) is 11.4. The van der Waals surface area contributed by atoms with E-state index in [1.165, 1.54) is 51.4 Å². The molecule has 164 valence electrons. The van der Waals surface area contributed by atoms with E-state index in [0.717, 1.165) is 46.6 Å². The Bertz CT molecular complexity index is 515. The quantitative estimate of drug-likeness (QED) is 0.275. The largest absolute Gasteiger partial charge is 0.103 e. The van der Waals surface area contributed by atoms with Gasteiger partial charge in [-0.2, -0.15) is 0 Å². The molecule has 0 saturated heterocycles. The van der Waals surface area contributed by atoms with Crippen LogP contribution >= 0.6 is 0 Å². The van der Waals surface area contributed by atoms with Crippen LogP contribution in [0.4, 0.5) is 0 Å². The van der Waals surface area contributed by atoms with Crippen molar-refractivity contribution in [1.82, 2.24) is 0 Å². The minimum atomic E-state index is -1.30. The molecule has 4 aliphatic rings. The molecule has 0 aromatic heterocycles. The first-order chi connectivity index (χ1) is 14.2. The Balaban J connectivity index is 1.66. The lowest BCUT2D eigenvalue weighted by molar-refractivity contribution is 0.221. The second-order valence-corrected chi connectivity index (χ2v) is 16.8. The standard InChI is InChI=1S/C28H48Si/c1-5-13-21-19-27(25-17-11-9-15-23(21)25)29(7-3,8-4)28-20-22(14-6-2)24-16-10-12-18-26(24)28/h5-6,21-28H,1-2,7-20H2,3-4H3. The van der Waals surface area contributed by atoms with Crippen LogP contribution in [0.2, 0.25) is 23.2 Å². The summed E-state index contributed by atoms with van der Waals surface area (Å²) in [5.74, 6) is 6.20. The second kappa shape index (κ2) is 9.45. The topological polar surface area (TPSA) is 0 Å². The van der Waals surface area contributed by atoms with Crippen molar-refractivity contribution in [1.29, 1.82) is 0 Å². The van der Waals surface area contributed by atoms with Gasteiger partial charge >= 0.3 is 0 Å². The van der Waals surface area contributed by atoms with Gasteiger partial charge in [0.05, 0.1) is 8.07 Å². The highest BCUT2D eigenvalue weighted by Crippen LogP contribution is 2.66. The Labute approximate surface area is 183 Å². The van der Waals surface area contributed by atoms with Gasteiger partial charge in [-0.1, -0.05) is 76.6 Å². The molecular weight excluding hydrogens is 364 g/mol. The van der Waals surface area contributed by atoms with Crippen molar-refractivity contribution in [2.45, 2.75) is 114 Å². The molecule has 0 aromatic rings. The van der Waals surface area contributed by atoms with Crippen molar-refractivity contribution in [3.63, 3.8) is 0 Å². The molecule has 0 heterocycles. The predicted octanol–water partition coefficient (Wildman–Crippen LogP) is 9.02. The van der Waals surface area contributed by atoms with Gasteiger partial charge in [-0.3, -0.25) is 0 Å². The van der Waals surface area contributed by atoms with Crippen LogP contribution < -0.4 is 0 Å². The predicted molar refractivity (Wildman–Crippen MR) is 131 cm³/mol. The van der Waals surface area contributed by atoms with E-state index in [1.807, 2.05) is 0 Å². The number of fused-ring (bicyclic) bond motifs is 2. The smallest absolute Gasteiger partial charge is 0.0598 e. The molecule has 4 saturated carbocycles. The van der Waals surface area contributed by atoms with Crippen LogP contribution in [0, 0.1) is 35.5 Å². The summed E-state index contributed by atoms with van der Waals surface area (Å²) in [5.41, 5.74) is 2.26. The minimum Gasteiger partial charge on any atom is -0.103 e. The first-order valence-corrected chi connectivity index (χ1v) is 16.0. The molecule has 0 spiro atoms. The fourth-order valence-corrected chi connectivity index (χ4v) is 17.0. The summed E-state index contributed by atoms with van der Waals surface area (Å²) >= 11 is 0.